The molecule has 156 valence electrons. The van der Waals surface area contributed by atoms with Crippen LogP contribution in [0.3, 0.4) is 0 Å². The molecule has 1 aromatic carbocycles. The number of carbonyl (C=O) groups is 3. The molecule has 3 rings (SSSR count). The Hall–Kier alpha value is -2.90. The summed E-state index contributed by atoms with van der Waals surface area (Å²) in [4.78, 5) is 44.5. The number of ketones is 1. The molecule has 0 radical (unpaired) electrons. The molecule has 1 aromatic heterocycles. The van der Waals surface area contributed by atoms with Crippen LogP contribution in [0.1, 0.15) is 44.8 Å². The van der Waals surface area contributed by atoms with Crippen molar-refractivity contribution in [2.75, 3.05) is 20.8 Å². The van der Waals surface area contributed by atoms with E-state index >= 15 is 0 Å². The van der Waals surface area contributed by atoms with E-state index in [0.29, 0.717) is 48.3 Å². The summed E-state index contributed by atoms with van der Waals surface area (Å²) in [5.74, 6) is -0.331. The van der Waals surface area contributed by atoms with Crippen molar-refractivity contribution in [3.63, 3.8) is 0 Å². The van der Waals surface area contributed by atoms with E-state index in [2.05, 4.69) is 4.98 Å². The van der Waals surface area contributed by atoms with Gasteiger partial charge in [-0.25, -0.2) is 4.98 Å². The number of likely N-dealkylation sites (tertiary alicyclic amines) is 1. The second kappa shape index (κ2) is 7.85. The third-order valence-electron chi connectivity index (χ3n) is 5.78. The molecule has 29 heavy (non-hydrogen) atoms. The predicted molar refractivity (Wildman–Crippen MR) is 107 cm³/mol. The number of hydrogen-bond donors (Lipinski definition) is 0. The summed E-state index contributed by atoms with van der Waals surface area (Å²) < 4.78 is 12.0. The Kier molecular flexibility index (Phi) is 5.64. The van der Waals surface area contributed by atoms with Gasteiger partial charge in [-0.3, -0.25) is 19.0 Å². The molecule has 0 spiro atoms. The van der Waals surface area contributed by atoms with Gasteiger partial charge in [-0.2, -0.15) is 0 Å². The molecule has 1 fully saturated rings. The van der Waals surface area contributed by atoms with E-state index in [4.69, 9.17) is 9.47 Å². The maximum absolute atomic E-state index is 13.3. The lowest BCUT2D eigenvalue weighted by molar-refractivity contribution is -0.149. The molecule has 1 saturated heterocycles. The van der Waals surface area contributed by atoms with E-state index < -0.39 is 23.1 Å². The quantitative estimate of drug-likeness (QED) is 0.691. The minimum atomic E-state index is -0.751. The van der Waals surface area contributed by atoms with Crippen LogP contribution in [0.25, 0.3) is 11.0 Å². The molecular formula is C21H27N3O5. The van der Waals surface area contributed by atoms with Gasteiger partial charge < -0.3 is 14.4 Å². The van der Waals surface area contributed by atoms with Crippen LogP contribution in [0.15, 0.2) is 18.5 Å². The van der Waals surface area contributed by atoms with Gasteiger partial charge in [-0.05, 0) is 19.3 Å². The summed E-state index contributed by atoms with van der Waals surface area (Å²) in [7, 11) is 3.05. The van der Waals surface area contributed by atoms with E-state index in [1.807, 2.05) is 6.92 Å². The van der Waals surface area contributed by atoms with Crippen molar-refractivity contribution in [3.8, 4) is 11.5 Å². The van der Waals surface area contributed by atoms with Crippen LogP contribution < -0.4 is 9.47 Å². The minimum absolute atomic E-state index is 0.285. The summed E-state index contributed by atoms with van der Waals surface area (Å²) in [5.41, 5.74) is 0.390. The van der Waals surface area contributed by atoms with E-state index in [0.717, 1.165) is 0 Å². The van der Waals surface area contributed by atoms with Gasteiger partial charge in [0.15, 0.2) is 11.5 Å². The molecule has 1 amide bonds. The maximum atomic E-state index is 13.3. The molecule has 1 unspecified atom stereocenters. The van der Waals surface area contributed by atoms with Gasteiger partial charge in [0.1, 0.15) is 12.4 Å². The summed E-state index contributed by atoms with van der Waals surface area (Å²) in [6, 6.07) is 2.69. The minimum Gasteiger partial charge on any atom is -0.493 e. The molecule has 0 bridgehead atoms. The average Bonchev–Trinajstić information content (AvgIpc) is 3.37. The predicted octanol–water partition coefficient (Wildman–Crippen LogP) is 2.69. The second-order valence-corrected chi connectivity index (χ2v) is 7.87. The second-order valence-electron chi connectivity index (χ2n) is 7.87. The summed E-state index contributed by atoms with van der Waals surface area (Å²) >= 11 is 0. The van der Waals surface area contributed by atoms with Crippen LogP contribution in [0.4, 0.5) is 0 Å². The molecule has 0 aliphatic carbocycles. The van der Waals surface area contributed by atoms with Gasteiger partial charge in [0, 0.05) is 24.1 Å². The highest BCUT2D eigenvalue weighted by Gasteiger charge is 2.41. The summed E-state index contributed by atoms with van der Waals surface area (Å²) in [5, 5.41) is 0. The number of Topliss-reactive ketones (excluding diaryl/α,β-unsaturated/α-hetero) is 1. The fraction of sp³-hybridized carbons (Fsp3) is 0.524. The Morgan fingerprint density at radius 3 is 2.45 bits per heavy atom. The number of amides is 1. The summed E-state index contributed by atoms with van der Waals surface area (Å²) in [6.07, 6.45) is 3.17. The Morgan fingerprint density at radius 1 is 1.17 bits per heavy atom. The monoisotopic (exact) mass is 401 g/mol. The number of imidazole rings is 1. The Bertz CT molecular complexity index is 963. The molecule has 0 N–H and O–H groups in total. The number of aromatic nitrogens is 2. The normalized spacial score (nSPS) is 16.9. The Balaban J connectivity index is 1.93. The first-order chi connectivity index (χ1) is 13.7. The SMILES string of the molecule is CCC(C)(C)C(=O)C(=O)N1CCCC1C(=O)n1cnc2cc(OC)c(OC)cc21. The topological polar surface area (TPSA) is 90.7 Å². The molecule has 0 saturated carbocycles. The van der Waals surface area contributed by atoms with Crippen LogP contribution in [0.5, 0.6) is 11.5 Å². The van der Waals surface area contributed by atoms with Crippen molar-refractivity contribution in [2.24, 2.45) is 5.41 Å². The largest absolute Gasteiger partial charge is 0.493 e. The molecule has 1 aliphatic rings. The number of carbonyl (C=O) groups excluding carboxylic acids is 3. The van der Waals surface area contributed by atoms with Gasteiger partial charge >= 0.3 is 0 Å². The van der Waals surface area contributed by atoms with Crippen LogP contribution in [0.2, 0.25) is 0 Å². The van der Waals surface area contributed by atoms with Gasteiger partial charge in [0.25, 0.3) is 11.8 Å². The zero-order chi connectivity index (χ0) is 21.3. The van der Waals surface area contributed by atoms with Crippen molar-refractivity contribution in [3.05, 3.63) is 18.5 Å². The number of hydrogen-bond acceptors (Lipinski definition) is 6. The molecule has 2 heterocycles. The third-order valence-corrected chi connectivity index (χ3v) is 5.78. The molecule has 8 heteroatoms. The molecule has 1 aliphatic heterocycles. The fourth-order valence-electron chi connectivity index (χ4n) is 3.52. The number of benzene rings is 1. The molecule has 8 nitrogen and oxygen atoms in total. The van der Waals surface area contributed by atoms with Gasteiger partial charge in [-0.15, -0.1) is 0 Å². The van der Waals surface area contributed by atoms with Gasteiger partial charge in [0.05, 0.1) is 25.3 Å². The highest BCUT2D eigenvalue weighted by molar-refractivity contribution is 6.38. The Morgan fingerprint density at radius 2 is 1.83 bits per heavy atom. The smallest absolute Gasteiger partial charge is 0.291 e. The number of nitrogens with zero attached hydrogens (tertiary/aromatic N) is 3. The highest BCUT2D eigenvalue weighted by atomic mass is 16.5. The van der Waals surface area contributed by atoms with Crippen molar-refractivity contribution in [2.45, 2.75) is 46.1 Å². The van der Waals surface area contributed by atoms with E-state index in [1.165, 1.54) is 30.0 Å². The van der Waals surface area contributed by atoms with Crippen LogP contribution in [0, 0.1) is 5.41 Å². The maximum Gasteiger partial charge on any atom is 0.291 e. The van der Waals surface area contributed by atoms with E-state index in [1.54, 1.807) is 26.0 Å². The number of ether oxygens (including phenoxy) is 2. The zero-order valence-corrected chi connectivity index (χ0v) is 17.5. The molecule has 1 atom stereocenters. The molecular weight excluding hydrogens is 374 g/mol. The lowest BCUT2D eigenvalue weighted by Gasteiger charge is -2.27. The molecule has 2 aromatic rings. The number of methoxy groups -OCH3 is 2. The van der Waals surface area contributed by atoms with Crippen LogP contribution >= 0.6 is 0 Å². The lowest BCUT2D eigenvalue weighted by Crippen LogP contribution is -2.48. The Labute approximate surface area is 169 Å². The van der Waals surface area contributed by atoms with Crippen molar-refractivity contribution < 1.29 is 23.9 Å². The summed E-state index contributed by atoms with van der Waals surface area (Å²) in [6.45, 7) is 5.77. The van der Waals surface area contributed by atoms with E-state index in [9.17, 15) is 14.4 Å². The van der Waals surface area contributed by atoms with Gasteiger partial charge in [-0.1, -0.05) is 20.8 Å². The van der Waals surface area contributed by atoms with Gasteiger partial charge in [0.2, 0.25) is 5.78 Å². The van der Waals surface area contributed by atoms with Crippen molar-refractivity contribution >= 4 is 28.6 Å². The van der Waals surface area contributed by atoms with E-state index in [-0.39, 0.29) is 5.91 Å². The standard InChI is InChI=1S/C21H27N3O5/c1-6-21(2,3)18(25)20(27)23-9-7-8-14(23)19(26)24-12-22-13-10-16(28-4)17(29-5)11-15(13)24/h10-12,14H,6-9H2,1-5H3. The van der Waals surface area contributed by atoms with Crippen LogP contribution in [-0.4, -0.2) is 58.9 Å². The first-order valence-corrected chi connectivity index (χ1v) is 9.73. The average molecular weight is 401 g/mol. The zero-order valence-electron chi connectivity index (χ0n) is 17.5. The van der Waals surface area contributed by atoms with Crippen molar-refractivity contribution in [1.29, 1.82) is 0 Å². The number of fused-ring (bicyclic) bond motifs is 1. The van der Waals surface area contributed by atoms with Crippen LogP contribution in [-0.2, 0) is 9.59 Å². The lowest BCUT2D eigenvalue weighted by atomic mass is 9.84. The fourth-order valence-corrected chi connectivity index (χ4v) is 3.52. The first kappa shape index (κ1) is 20.8. The first-order valence-electron chi connectivity index (χ1n) is 9.73. The number of rotatable bonds is 6. The third kappa shape index (κ3) is 3.59. The highest BCUT2D eigenvalue weighted by Crippen LogP contribution is 2.32. The van der Waals surface area contributed by atoms with Crippen molar-refractivity contribution in [1.82, 2.24) is 14.5 Å².